The van der Waals surface area contributed by atoms with Crippen molar-refractivity contribution in [1.82, 2.24) is 0 Å². The van der Waals surface area contributed by atoms with Gasteiger partial charge in [-0.1, -0.05) is 12.5 Å². The molecule has 4 heteroatoms. The molecule has 0 N–H and O–H groups in total. The zero-order chi connectivity index (χ0) is 23.3. The number of ketones is 2. The maximum absolute atomic E-state index is 13.8. The van der Waals surface area contributed by atoms with Crippen molar-refractivity contribution in [2.24, 2.45) is 51.8 Å². The van der Waals surface area contributed by atoms with E-state index in [1.54, 1.807) is 0 Å². The van der Waals surface area contributed by atoms with Gasteiger partial charge < -0.3 is 4.74 Å². The Balaban J connectivity index is 1.17. The molecule has 184 valence electrons. The van der Waals surface area contributed by atoms with E-state index in [0.717, 1.165) is 82.0 Å². The van der Waals surface area contributed by atoms with E-state index >= 15 is 0 Å². The zero-order valence-corrected chi connectivity index (χ0v) is 20.8. The van der Waals surface area contributed by atoms with Gasteiger partial charge in [0, 0.05) is 23.7 Å². The van der Waals surface area contributed by atoms with Crippen molar-refractivity contribution < 1.29 is 19.1 Å². The van der Waals surface area contributed by atoms with Gasteiger partial charge in [0.15, 0.2) is 5.78 Å². The molecule has 7 fully saturated rings. The lowest BCUT2D eigenvalue weighted by Gasteiger charge is -2.58. The van der Waals surface area contributed by atoms with Gasteiger partial charge in [-0.2, -0.15) is 0 Å². The summed E-state index contributed by atoms with van der Waals surface area (Å²) in [7, 11) is 0. The minimum absolute atomic E-state index is 0.0797. The molecule has 8 aliphatic rings. The Morgan fingerprint density at radius 3 is 2.32 bits per heavy atom. The summed E-state index contributed by atoms with van der Waals surface area (Å²) >= 11 is 0. The van der Waals surface area contributed by atoms with Gasteiger partial charge in [-0.3, -0.25) is 14.4 Å². The molecule has 8 rings (SSSR count). The van der Waals surface area contributed by atoms with Gasteiger partial charge in [0.05, 0.1) is 5.41 Å². The lowest BCUT2D eigenvalue weighted by Crippen LogP contribution is -2.55. The van der Waals surface area contributed by atoms with Crippen molar-refractivity contribution in [2.75, 3.05) is 6.61 Å². The maximum atomic E-state index is 13.8. The molecule has 0 radical (unpaired) electrons. The van der Waals surface area contributed by atoms with E-state index in [1.807, 2.05) is 6.08 Å². The molecule has 0 aromatic heterocycles. The van der Waals surface area contributed by atoms with Crippen LogP contribution in [0.3, 0.4) is 0 Å². The second kappa shape index (κ2) is 7.29. The van der Waals surface area contributed by atoms with E-state index in [0.29, 0.717) is 36.6 Å². The highest BCUT2D eigenvalue weighted by molar-refractivity contribution is 5.92. The van der Waals surface area contributed by atoms with Crippen LogP contribution in [0, 0.1) is 51.8 Å². The van der Waals surface area contributed by atoms with Crippen molar-refractivity contribution in [1.29, 1.82) is 0 Å². The molecule has 0 aromatic carbocycles. The van der Waals surface area contributed by atoms with E-state index < -0.39 is 0 Å². The first-order chi connectivity index (χ1) is 16.3. The number of carbonyl (C=O) groups excluding carboxylic acids is 3. The van der Waals surface area contributed by atoms with Crippen LogP contribution in [0.5, 0.6) is 0 Å². The average molecular weight is 465 g/mol. The number of hydrogen-bond acceptors (Lipinski definition) is 4. The number of esters is 1. The lowest BCUT2D eigenvalue weighted by atomic mass is 9.47. The van der Waals surface area contributed by atoms with Crippen LogP contribution in [0.25, 0.3) is 0 Å². The summed E-state index contributed by atoms with van der Waals surface area (Å²) in [6.45, 7) is 2.68. The average Bonchev–Trinajstić information content (AvgIpc) is 3.11. The predicted octanol–water partition coefficient (Wildman–Crippen LogP) is 5.83. The quantitative estimate of drug-likeness (QED) is 0.493. The van der Waals surface area contributed by atoms with E-state index in [1.165, 1.54) is 24.8 Å². The minimum atomic E-state index is -0.225. The fourth-order valence-electron chi connectivity index (χ4n) is 11.1. The summed E-state index contributed by atoms with van der Waals surface area (Å²) in [5.74, 6) is 4.41. The summed E-state index contributed by atoms with van der Waals surface area (Å²) in [4.78, 5) is 39.0. The van der Waals surface area contributed by atoms with Gasteiger partial charge in [-0.15, -0.1) is 0 Å². The number of Topliss-reactive ketones (excluding diaryl/α,β-unsaturated/α-hetero) is 1. The standard InChI is InChI=1S/C30H40O4/c1-28-8-7-25-23(24(28)4-5-26(28)32)3-2-21-13-22(31)6-9-30(21,25)17-34-27(33)29-14-18-10-19(15-29)12-20(11-18)16-29/h13,18-20,23-25H,2-12,14-17H2,1H3/t18?,19?,20?,23-,24-,25+,28-,29?,30+/m0/s1. The van der Waals surface area contributed by atoms with E-state index in [2.05, 4.69) is 6.92 Å². The first-order valence-corrected chi connectivity index (χ1v) is 14.3. The van der Waals surface area contributed by atoms with Gasteiger partial charge >= 0.3 is 5.97 Å². The van der Waals surface area contributed by atoms with Crippen LogP contribution in [0.2, 0.25) is 0 Å². The van der Waals surface area contributed by atoms with E-state index in [4.69, 9.17) is 4.74 Å². The van der Waals surface area contributed by atoms with Crippen molar-refractivity contribution in [3.63, 3.8) is 0 Å². The monoisotopic (exact) mass is 464 g/mol. The molecule has 0 saturated heterocycles. The summed E-state index contributed by atoms with van der Waals surface area (Å²) in [5, 5.41) is 0. The Morgan fingerprint density at radius 2 is 1.62 bits per heavy atom. The molecule has 5 atom stereocenters. The van der Waals surface area contributed by atoms with Crippen LogP contribution >= 0.6 is 0 Å². The van der Waals surface area contributed by atoms with Crippen LogP contribution in [0.4, 0.5) is 0 Å². The van der Waals surface area contributed by atoms with Gasteiger partial charge in [-0.05, 0) is 119 Å². The van der Waals surface area contributed by atoms with Crippen molar-refractivity contribution >= 4 is 17.5 Å². The maximum Gasteiger partial charge on any atom is 0.312 e. The molecule has 0 unspecified atom stereocenters. The van der Waals surface area contributed by atoms with Crippen LogP contribution in [0.1, 0.15) is 96.8 Å². The zero-order valence-electron chi connectivity index (χ0n) is 20.8. The molecular formula is C30H40O4. The highest BCUT2D eigenvalue weighted by atomic mass is 16.5. The molecule has 0 heterocycles. The Kier molecular flexibility index (Phi) is 4.68. The number of fused-ring (bicyclic) bond motifs is 5. The normalized spacial score (nSPS) is 50.9. The van der Waals surface area contributed by atoms with Crippen LogP contribution < -0.4 is 0 Å². The topological polar surface area (TPSA) is 60.4 Å². The summed E-state index contributed by atoms with van der Waals surface area (Å²) in [5.41, 5.74) is 0.707. The number of hydrogen-bond donors (Lipinski definition) is 0. The SMILES string of the molecule is C[C@]12CC[C@@H]3[C@@H](CCC4=CC(=O)CC[C@@]43COC(=O)C34CC5CC(CC(C5)C3)C4)[C@@H]1CCC2=O. The van der Waals surface area contributed by atoms with E-state index in [9.17, 15) is 14.4 Å². The Morgan fingerprint density at radius 1 is 0.912 bits per heavy atom. The molecule has 0 aliphatic heterocycles. The third-order valence-electron chi connectivity index (χ3n) is 12.3. The minimum Gasteiger partial charge on any atom is -0.464 e. The van der Waals surface area contributed by atoms with Crippen molar-refractivity contribution in [2.45, 2.75) is 96.8 Å². The van der Waals surface area contributed by atoms with Gasteiger partial charge in [-0.25, -0.2) is 0 Å². The first-order valence-electron chi connectivity index (χ1n) is 14.3. The van der Waals surface area contributed by atoms with Crippen LogP contribution in [0.15, 0.2) is 11.6 Å². The second-order valence-electron chi connectivity index (χ2n) is 13.9. The Bertz CT molecular complexity index is 941. The molecule has 0 spiro atoms. The van der Waals surface area contributed by atoms with E-state index in [-0.39, 0.29) is 28.0 Å². The molecule has 4 nitrogen and oxygen atoms in total. The smallest absolute Gasteiger partial charge is 0.312 e. The largest absolute Gasteiger partial charge is 0.464 e. The summed E-state index contributed by atoms with van der Waals surface area (Å²) < 4.78 is 6.41. The van der Waals surface area contributed by atoms with Crippen LogP contribution in [-0.2, 0) is 19.1 Å². The first kappa shape index (κ1) is 21.8. The number of ether oxygens (including phenoxy) is 1. The fraction of sp³-hybridized carbons (Fsp3) is 0.833. The molecular weight excluding hydrogens is 424 g/mol. The summed E-state index contributed by atoms with van der Waals surface area (Å²) in [6.07, 6.45) is 16.2. The number of rotatable bonds is 3. The number of carbonyl (C=O) groups is 3. The Hall–Kier alpha value is -1.45. The summed E-state index contributed by atoms with van der Waals surface area (Å²) in [6, 6.07) is 0. The predicted molar refractivity (Wildman–Crippen MR) is 128 cm³/mol. The van der Waals surface area contributed by atoms with Gasteiger partial charge in [0.1, 0.15) is 12.4 Å². The molecule has 8 aliphatic carbocycles. The highest BCUT2D eigenvalue weighted by Gasteiger charge is 2.61. The molecule has 34 heavy (non-hydrogen) atoms. The van der Waals surface area contributed by atoms with Gasteiger partial charge in [0.2, 0.25) is 0 Å². The molecule has 0 amide bonds. The molecule has 4 bridgehead atoms. The molecule has 0 aromatic rings. The van der Waals surface area contributed by atoms with Crippen molar-refractivity contribution in [3.05, 3.63) is 11.6 Å². The third-order valence-corrected chi connectivity index (χ3v) is 12.3. The third kappa shape index (κ3) is 2.92. The molecule has 7 saturated carbocycles. The lowest BCUT2D eigenvalue weighted by molar-refractivity contribution is -0.178. The second-order valence-corrected chi connectivity index (χ2v) is 13.9. The van der Waals surface area contributed by atoms with Gasteiger partial charge in [0.25, 0.3) is 0 Å². The van der Waals surface area contributed by atoms with Crippen molar-refractivity contribution in [3.8, 4) is 0 Å². The van der Waals surface area contributed by atoms with Crippen LogP contribution in [-0.4, -0.2) is 24.1 Å². The fourth-order valence-corrected chi connectivity index (χ4v) is 11.1. The highest BCUT2D eigenvalue weighted by Crippen LogP contribution is 2.65. The Labute approximate surface area is 203 Å².